The second kappa shape index (κ2) is 6.40. The Morgan fingerprint density at radius 3 is 2.36 bits per heavy atom. The van der Waals surface area contributed by atoms with E-state index in [1.165, 1.54) is 26.6 Å². The molecule has 2 aliphatic heterocycles. The summed E-state index contributed by atoms with van der Waals surface area (Å²) < 4.78 is 0. The number of aliphatic imine (C=N–C) groups is 1. The Bertz CT molecular complexity index is 949. The van der Waals surface area contributed by atoms with Gasteiger partial charge in [0, 0.05) is 32.3 Å². The van der Waals surface area contributed by atoms with Crippen LogP contribution in [0.15, 0.2) is 93.6 Å². The molecule has 5 rings (SSSR count). The fourth-order valence-corrected chi connectivity index (χ4v) is 6.26. The topological polar surface area (TPSA) is 12.4 Å². The van der Waals surface area contributed by atoms with Crippen LogP contribution >= 0.6 is 23.5 Å². The van der Waals surface area contributed by atoms with Gasteiger partial charge in [0.2, 0.25) is 0 Å². The van der Waals surface area contributed by atoms with E-state index in [1.807, 2.05) is 23.5 Å². The molecule has 0 amide bonds. The number of rotatable bonds is 1. The van der Waals surface area contributed by atoms with Gasteiger partial charge in [-0.15, -0.1) is 23.5 Å². The second-order valence-corrected chi connectivity index (χ2v) is 8.57. The minimum atomic E-state index is 0.393. The zero-order valence-electron chi connectivity index (χ0n) is 13.6. The van der Waals surface area contributed by atoms with E-state index in [0.717, 1.165) is 11.4 Å². The van der Waals surface area contributed by atoms with Gasteiger partial charge in [-0.2, -0.15) is 0 Å². The summed E-state index contributed by atoms with van der Waals surface area (Å²) in [5.74, 6) is 1.50. The number of benzene rings is 3. The third-order valence-electron chi connectivity index (χ3n) is 4.79. The van der Waals surface area contributed by atoms with Crippen LogP contribution in [0.25, 0.3) is 0 Å². The Labute approximate surface area is 156 Å². The van der Waals surface area contributed by atoms with Gasteiger partial charge in [-0.3, -0.25) is 4.99 Å². The Morgan fingerprint density at radius 2 is 1.48 bits per heavy atom. The van der Waals surface area contributed by atoms with E-state index in [-0.39, 0.29) is 0 Å². The van der Waals surface area contributed by atoms with E-state index < -0.39 is 0 Å². The van der Waals surface area contributed by atoms with Crippen molar-refractivity contribution in [3.63, 3.8) is 0 Å². The van der Waals surface area contributed by atoms with Gasteiger partial charge in [0.15, 0.2) is 0 Å². The average molecular weight is 360 g/mol. The van der Waals surface area contributed by atoms with E-state index in [2.05, 4.69) is 78.9 Å². The minimum absolute atomic E-state index is 0.393. The average Bonchev–Trinajstić information content (AvgIpc) is 2.85. The Hall–Kier alpha value is -1.97. The van der Waals surface area contributed by atoms with Crippen LogP contribution in [-0.2, 0) is 0 Å². The normalized spacial score (nSPS) is 21.4. The number of thioether (sulfide) groups is 2. The predicted molar refractivity (Wildman–Crippen MR) is 108 cm³/mol. The standard InChI is InChI=1S/C22H17NS2/c1-2-8-15(9-3-1)22-17-14-24-19-12-6-4-10-16(19)21(17)23-18-11-5-7-13-20(18)25-22/h1-13,17,22H,14H2/t17-,22-/m1/s1. The van der Waals surface area contributed by atoms with Crippen molar-refractivity contribution in [2.75, 3.05) is 5.75 Å². The molecule has 0 aromatic heterocycles. The number of fused-ring (bicyclic) bond motifs is 4. The first kappa shape index (κ1) is 15.3. The van der Waals surface area contributed by atoms with Crippen molar-refractivity contribution in [3.8, 4) is 0 Å². The first-order valence-corrected chi connectivity index (χ1v) is 10.4. The van der Waals surface area contributed by atoms with Crippen molar-refractivity contribution in [1.29, 1.82) is 0 Å². The molecule has 3 aromatic rings. The van der Waals surface area contributed by atoms with Gasteiger partial charge in [0.25, 0.3) is 0 Å². The van der Waals surface area contributed by atoms with Gasteiger partial charge >= 0.3 is 0 Å². The van der Waals surface area contributed by atoms with E-state index in [0.29, 0.717) is 11.2 Å². The lowest BCUT2D eigenvalue weighted by molar-refractivity contribution is 0.755. The van der Waals surface area contributed by atoms with Crippen molar-refractivity contribution in [3.05, 3.63) is 90.0 Å². The lowest BCUT2D eigenvalue weighted by Gasteiger charge is -2.31. The Kier molecular flexibility index (Phi) is 3.91. The van der Waals surface area contributed by atoms with Crippen LogP contribution in [0.3, 0.4) is 0 Å². The Balaban J connectivity index is 1.72. The molecule has 2 heterocycles. The molecule has 0 fully saturated rings. The molecule has 0 unspecified atom stereocenters. The molecule has 1 nitrogen and oxygen atoms in total. The molecule has 0 N–H and O–H groups in total. The highest BCUT2D eigenvalue weighted by molar-refractivity contribution is 8.00. The summed E-state index contributed by atoms with van der Waals surface area (Å²) in [4.78, 5) is 7.79. The van der Waals surface area contributed by atoms with Crippen LogP contribution in [0.5, 0.6) is 0 Å². The monoisotopic (exact) mass is 359 g/mol. The number of hydrogen-bond donors (Lipinski definition) is 0. The lowest BCUT2D eigenvalue weighted by atomic mass is 9.90. The Morgan fingerprint density at radius 1 is 0.760 bits per heavy atom. The molecular weight excluding hydrogens is 342 g/mol. The molecule has 0 radical (unpaired) electrons. The zero-order valence-corrected chi connectivity index (χ0v) is 15.3. The van der Waals surface area contributed by atoms with Crippen molar-refractivity contribution in [2.24, 2.45) is 10.9 Å². The van der Waals surface area contributed by atoms with Crippen LogP contribution < -0.4 is 0 Å². The molecule has 0 aliphatic carbocycles. The van der Waals surface area contributed by atoms with E-state index in [1.54, 1.807) is 0 Å². The zero-order chi connectivity index (χ0) is 16.6. The molecule has 25 heavy (non-hydrogen) atoms. The van der Waals surface area contributed by atoms with Gasteiger partial charge in [-0.25, -0.2) is 0 Å². The molecule has 122 valence electrons. The fraction of sp³-hybridized carbons (Fsp3) is 0.136. The van der Waals surface area contributed by atoms with Crippen LogP contribution in [0, 0.1) is 5.92 Å². The summed E-state index contributed by atoms with van der Waals surface area (Å²) in [6.07, 6.45) is 0. The third-order valence-corrected chi connectivity index (χ3v) is 7.43. The first-order valence-electron chi connectivity index (χ1n) is 8.51. The summed E-state index contributed by atoms with van der Waals surface area (Å²) >= 11 is 3.93. The molecule has 2 atom stereocenters. The highest BCUT2D eigenvalue weighted by Crippen LogP contribution is 2.51. The maximum absolute atomic E-state index is 5.16. The van der Waals surface area contributed by atoms with Crippen molar-refractivity contribution >= 4 is 34.9 Å². The number of nitrogens with zero attached hydrogens (tertiary/aromatic N) is 1. The maximum atomic E-state index is 5.16. The molecule has 0 saturated heterocycles. The third kappa shape index (κ3) is 2.72. The lowest BCUT2D eigenvalue weighted by Crippen LogP contribution is -2.27. The summed E-state index contributed by atoms with van der Waals surface area (Å²) in [5.41, 5.74) is 5.05. The second-order valence-electron chi connectivity index (χ2n) is 6.33. The van der Waals surface area contributed by atoms with Gasteiger partial charge in [-0.05, 0) is 23.8 Å². The van der Waals surface area contributed by atoms with Crippen LogP contribution in [-0.4, -0.2) is 11.5 Å². The molecule has 0 bridgehead atoms. The maximum Gasteiger partial charge on any atom is 0.0769 e. The first-order chi connectivity index (χ1) is 12.4. The number of para-hydroxylation sites is 1. The van der Waals surface area contributed by atoms with E-state index in [4.69, 9.17) is 4.99 Å². The minimum Gasteiger partial charge on any atom is -0.251 e. The van der Waals surface area contributed by atoms with Crippen LogP contribution in [0.2, 0.25) is 0 Å². The van der Waals surface area contributed by atoms with Gasteiger partial charge in [-0.1, -0.05) is 60.7 Å². The molecule has 3 heteroatoms. The van der Waals surface area contributed by atoms with Crippen molar-refractivity contribution < 1.29 is 0 Å². The van der Waals surface area contributed by atoms with Crippen molar-refractivity contribution in [2.45, 2.75) is 15.0 Å². The van der Waals surface area contributed by atoms with Crippen LogP contribution in [0.4, 0.5) is 5.69 Å². The smallest absolute Gasteiger partial charge is 0.0769 e. The van der Waals surface area contributed by atoms with E-state index >= 15 is 0 Å². The molecule has 3 aromatic carbocycles. The van der Waals surface area contributed by atoms with Gasteiger partial charge in [0.05, 0.1) is 11.4 Å². The number of hydrogen-bond acceptors (Lipinski definition) is 3. The molecule has 0 spiro atoms. The SMILES string of the molecule is c1ccc([C@H]2Sc3ccccc3N=C3c4ccccc4SC[C@H]32)cc1. The predicted octanol–water partition coefficient (Wildman–Crippen LogP) is 6.38. The quantitative estimate of drug-likeness (QED) is 0.500. The highest BCUT2D eigenvalue weighted by Gasteiger charge is 2.36. The molecular formula is C22H17NS2. The summed E-state index contributed by atoms with van der Waals surface area (Å²) in [6, 6.07) is 28.2. The summed E-state index contributed by atoms with van der Waals surface area (Å²) in [5, 5.41) is 0.393. The largest absolute Gasteiger partial charge is 0.251 e. The summed E-state index contributed by atoms with van der Waals surface area (Å²) in [7, 11) is 0. The molecule has 0 saturated carbocycles. The highest BCUT2D eigenvalue weighted by atomic mass is 32.2. The van der Waals surface area contributed by atoms with Gasteiger partial charge in [0.1, 0.15) is 0 Å². The van der Waals surface area contributed by atoms with Crippen LogP contribution in [0.1, 0.15) is 16.4 Å². The van der Waals surface area contributed by atoms with E-state index in [9.17, 15) is 0 Å². The fourth-order valence-electron chi connectivity index (χ4n) is 3.58. The summed E-state index contributed by atoms with van der Waals surface area (Å²) in [6.45, 7) is 0. The molecule has 2 aliphatic rings. The van der Waals surface area contributed by atoms with Gasteiger partial charge < -0.3 is 0 Å². The van der Waals surface area contributed by atoms with Crippen molar-refractivity contribution in [1.82, 2.24) is 0 Å².